The minimum absolute atomic E-state index is 0.410. The number of hydrogen-bond acceptors (Lipinski definition) is 7. The van der Waals surface area contributed by atoms with Gasteiger partial charge in [-0.15, -0.1) is 0 Å². The summed E-state index contributed by atoms with van der Waals surface area (Å²) >= 11 is 0. The van der Waals surface area contributed by atoms with Gasteiger partial charge >= 0.3 is 0 Å². The topological polar surface area (TPSA) is 100.0 Å². The Labute approximate surface area is 110 Å². The summed E-state index contributed by atoms with van der Waals surface area (Å²) in [6.07, 6.45) is 5.34. The standard InChI is InChI=1S/C12H15N5O2/c1-18-9-6-8(14-7-15-9)10-16-11(19-17-10)12(13)4-2-3-5-12/h6-7H,2-5,13H2,1H3. The molecule has 0 spiro atoms. The lowest BCUT2D eigenvalue weighted by molar-refractivity contribution is 0.285. The highest BCUT2D eigenvalue weighted by Crippen LogP contribution is 2.35. The maximum absolute atomic E-state index is 6.27. The molecule has 1 saturated carbocycles. The first kappa shape index (κ1) is 12.0. The molecule has 0 unspecified atom stereocenters. The molecule has 1 fully saturated rings. The first-order chi connectivity index (χ1) is 9.21. The van der Waals surface area contributed by atoms with Gasteiger partial charge < -0.3 is 15.0 Å². The average Bonchev–Trinajstić information content (AvgIpc) is 3.08. The zero-order valence-corrected chi connectivity index (χ0v) is 10.7. The van der Waals surface area contributed by atoms with Gasteiger partial charge in [-0.1, -0.05) is 18.0 Å². The highest BCUT2D eigenvalue weighted by Gasteiger charge is 2.37. The van der Waals surface area contributed by atoms with Crippen LogP contribution in [0.1, 0.15) is 31.6 Å². The van der Waals surface area contributed by atoms with E-state index in [0.29, 0.717) is 23.3 Å². The molecule has 1 aliphatic rings. The molecule has 100 valence electrons. The number of nitrogens with two attached hydrogens (primary N) is 1. The molecule has 7 heteroatoms. The van der Waals surface area contributed by atoms with Gasteiger partial charge in [0.2, 0.25) is 17.6 Å². The molecule has 0 aromatic carbocycles. The Morgan fingerprint density at radius 1 is 1.32 bits per heavy atom. The van der Waals surface area contributed by atoms with Crippen LogP contribution < -0.4 is 10.5 Å². The van der Waals surface area contributed by atoms with Crippen LogP contribution in [-0.4, -0.2) is 27.2 Å². The van der Waals surface area contributed by atoms with Crippen molar-refractivity contribution < 1.29 is 9.26 Å². The summed E-state index contributed by atoms with van der Waals surface area (Å²) in [5, 5.41) is 3.94. The maximum Gasteiger partial charge on any atom is 0.247 e. The van der Waals surface area contributed by atoms with Crippen LogP contribution in [-0.2, 0) is 5.54 Å². The highest BCUT2D eigenvalue weighted by atomic mass is 16.5. The Hall–Kier alpha value is -2.02. The van der Waals surface area contributed by atoms with Gasteiger partial charge in [0.1, 0.15) is 12.0 Å². The molecular weight excluding hydrogens is 246 g/mol. The van der Waals surface area contributed by atoms with Crippen molar-refractivity contribution in [2.75, 3.05) is 7.11 Å². The summed E-state index contributed by atoms with van der Waals surface area (Å²) in [5.41, 5.74) is 6.35. The van der Waals surface area contributed by atoms with Gasteiger partial charge in [-0.2, -0.15) is 4.98 Å². The Balaban J connectivity index is 1.92. The van der Waals surface area contributed by atoms with Gasteiger partial charge in [-0.05, 0) is 12.8 Å². The summed E-state index contributed by atoms with van der Waals surface area (Å²) in [6, 6.07) is 1.66. The number of aromatic nitrogens is 4. The van der Waals surface area contributed by atoms with Gasteiger partial charge in [0, 0.05) is 6.07 Å². The van der Waals surface area contributed by atoms with Gasteiger partial charge in [0.25, 0.3) is 0 Å². The van der Waals surface area contributed by atoms with Gasteiger partial charge in [0.05, 0.1) is 12.6 Å². The highest BCUT2D eigenvalue weighted by molar-refractivity contribution is 5.49. The lowest BCUT2D eigenvalue weighted by Crippen LogP contribution is -2.33. The smallest absolute Gasteiger partial charge is 0.247 e. The van der Waals surface area contributed by atoms with Crippen molar-refractivity contribution in [2.24, 2.45) is 5.73 Å². The fraction of sp³-hybridized carbons (Fsp3) is 0.500. The number of rotatable bonds is 3. The summed E-state index contributed by atoms with van der Waals surface area (Å²) in [5.74, 6) is 1.35. The molecule has 3 rings (SSSR count). The largest absolute Gasteiger partial charge is 0.481 e. The van der Waals surface area contributed by atoms with Crippen LogP contribution >= 0.6 is 0 Å². The molecule has 2 aromatic rings. The van der Waals surface area contributed by atoms with E-state index >= 15 is 0 Å². The number of ether oxygens (including phenoxy) is 1. The molecule has 2 aromatic heterocycles. The summed E-state index contributed by atoms with van der Waals surface area (Å²) in [4.78, 5) is 12.4. The van der Waals surface area contributed by atoms with Crippen molar-refractivity contribution in [1.82, 2.24) is 20.1 Å². The molecule has 2 heterocycles. The number of hydrogen-bond donors (Lipinski definition) is 1. The lowest BCUT2D eigenvalue weighted by atomic mass is 9.99. The van der Waals surface area contributed by atoms with Crippen molar-refractivity contribution in [3.05, 3.63) is 18.3 Å². The van der Waals surface area contributed by atoms with E-state index in [1.54, 1.807) is 13.2 Å². The summed E-state index contributed by atoms with van der Waals surface area (Å²) in [6.45, 7) is 0. The quantitative estimate of drug-likeness (QED) is 0.887. The van der Waals surface area contributed by atoms with Crippen molar-refractivity contribution in [3.8, 4) is 17.4 Å². The third-order valence-electron chi connectivity index (χ3n) is 3.43. The minimum atomic E-state index is -0.484. The van der Waals surface area contributed by atoms with E-state index in [-0.39, 0.29) is 0 Å². The first-order valence-corrected chi connectivity index (χ1v) is 6.21. The fourth-order valence-electron chi connectivity index (χ4n) is 2.32. The Kier molecular flexibility index (Phi) is 2.90. The Bertz CT molecular complexity index is 577. The van der Waals surface area contributed by atoms with E-state index in [0.717, 1.165) is 25.7 Å². The van der Waals surface area contributed by atoms with Crippen molar-refractivity contribution >= 4 is 0 Å². The van der Waals surface area contributed by atoms with Crippen LogP contribution in [0.4, 0.5) is 0 Å². The molecule has 1 aliphatic carbocycles. The zero-order chi connectivity index (χ0) is 13.3. The second kappa shape index (κ2) is 4.58. The van der Waals surface area contributed by atoms with E-state index in [9.17, 15) is 0 Å². The van der Waals surface area contributed by atoms with Crippen molar-refractivity contribution in [1.29, 1.82) is 0 Å². The molecule has 0 aliphatic heterocycles. The van der Waals surface area contributed by atoms with Gasteiger partial charge in [-0.25, -0.2) is 9.97 Å². The van der Waals surface area contributed by atoms with Crippen molar-refractivity contribution in [3.63, 3.8) is 0 Å². The molecule has 0 amide bonds. The summed E-state index contributed by atoms with van der Waals surface area (Å²) < 4.78 is 10.3. The van der Waals surface area contributed by atoms with Gasteiger partial charge in [0.15, 0.2) is 0 Å². The molecule has 0 radical (unpaired) electrons. The lowest BCUT2D eigenvalue weighted by Gasteiger charge is -2.17. The van der Waals surface area contributed by atoms with Crippen LogP contribution in [0.15, 0.2) is 16.9 Å². The minimum Gasteiger partial charge on any atom is -0.481 e. The van der Waals surface area contributed by atoms with Crippen molar-refractivity contribution in [2.45, 2.75) is 31.2 Å². The molecular formula is C12H15N5O2. The van der Waals surface area contributed by atoms with E-state index in [1.165, 1.54) is 6.33 Å². The maximum atomic E-state index is 6.27. The predicted molar refractivity (Wildman–Crippen MR) is 66.2 cm³/mol. The SMILES string of the molecule is COc1cc(-c2noc(C3(N)CCCC3)n2)ncn1. The van der Waals surface area contributed by atoms with Gasteiger partial charge in [-0.3, -0.25) is 0 Å². The van der Waals surface area contributed by atoms with E-state index < -0.39 is 5.54 Å². The second-order valence-electron chi connectivity index (χ2n) is 4.73. The number of methoxy groups -OCH3 is 1. The fourth-order valence-corrected chi connectivity index (χ4v) is 2.32. The molecule has 0 saturated heterocycles. The third kappa shape index (κ3) is 2.17. The molecule has 0 bridgehead atoms. The van der Waals surface area contributed by atoms with Crippen LogP contribution in [0.25, 0.3) is 11.5 Å². The first-order valence-electron chi connectivity index (χ1n) is 6.21. The molecule has 7 nitrogen and oxygen atoms in total. The van der Waals surface area contributed by atoms with E-state index in [4.69, 9.17) is 15.0 Å². The second-order valence-corrected chi connectivity index (χ2v) is 4.73. The predicted octanol–water partition coefficient (Wildman–Crippen LogP) is 1.26. The zero-order valence-electron chi connectivity index (χ0n) is 10.7. The van der Waals surface area contributed by atoms with Crippen LogP contribution in [0.2, 0.25) is 0 Å². The Morgan fingerprint density at radius 3 is 2.84 bits per heavy atom. The van der Waals surface area contributed by atoms with Crippen LogP contribution in [0.5, 0.6) is 5.88 Å². The number of nitrogens with zero attached hydrogens (tertiary/aromatic N) is 4. The van der Waals surface area contributed by atoms with Crippen LogP contribution in [0.3, 0.4) is 0 Å². The molecule has 19 heavy (non-hydrogen) atoms. The van der Waals surface area contributed by atoms with Crippen LogP contribution in [0, 0.1) is 0 Å². The third-order valence-corrected chi connectivity index (χ3v) is 3.43. The summed E-state index contributed by atoms with van der Waals surface area (Å²) in [7, 11) is 1.54. The molecule has 2 N–H and O–H groups in total. The monoisotopic (exact) mass is 261 g/mol. The average molecular weight is 261 g/mol. The normalized spacial score (nSPS) is 17.6. The van der Waals surface area contributed by atoms with E-state index in [2.05, 4.69) is 20.1 Å². The Morgan fingerprint density at radius 2 is 2.11 bits per heavy atom. The molecule has 0 atom stereocenters. The van der Waals surface area contributed by atoms with E-state index in [1.807, 2.05) is 0 Å².